The highest BCUT2D eigenvalue weighted by molar-refractivity contribution is 5.83. The molecule has 0 aromatic carbocycles. The quantitative estimate of drug-likeness (QED) is 0.753. The van der Waals surface area contributed by atoms with E-state index in [9.17, 15) is 9.59 Å². The maximum absolute atomic E-state index is 11.7. The van der Waals surface area contributed by atoms with Crippen molar-refractivity contribution in [1.82, 2.24) is 5.32 Å². The number of carboxylic acid groups (broad SMARTS) is 1. The van der Waals surface area contributed by atoms with Crippen LogP contribution in [0.25, 0.3) is 0 Å². The van der Waals surface area contributed by atoms with E-state index in [0.29, 0.717) is 12.8 Å². The molecule has 0 saturated carbocycles. The van der Waals surface area contributed by atoms with Crippen molar-refractivity contribution in [3.05, 3.63) is 0 Å². The number of hydrogen-bond donors (Lipinski definition) is 2. The maximum atomic E-state index is 11.7. The summed E-state index contributed by atoms with van der Waals surface area (Å²) in [5.74, 6) is -0.907. The minimum absolute atomic E-state index is 0.0564. The Kier molecular flexibility index (Phi) is 6.21. The second-order valence-corrected chi connectivity index (χ2v) is 5.72. The van der Waals surface area contributed by atoms with Gasteiger partial charge in [0.1, 0.15) is 6.04 Å². The summed E-state index contributed by atoms with van der Waals surface area (Å²) in [5.41, 5.74) is 0.0564. The monoisotopic (exact) mass is 243 g/mol. The van der Waals surface area contributed by atoms with Gasteiger partial charge in [0.05, 0.1) is 0 Å². The van der Waals surface area contributed by atoms with Gasteiger partial charge in [-0.3, -0.25) is 4.79 Å². The first-order chi connectivity index (χ1) is 7.68. The predicted octanol–water partition coefficient (Wildman–Crippen LogP) is 2.43. The van der Waals surface area contributed by atoms with Crippen LogP contribution in [0.15, 0.2) is 0 Å². The van der Waals surface area contributed by atoms with E-state index in [0.717, 1.165) is 6.42 Å². The summed E-state index contributed by atoms with van der Waals surface area (Å²) < 4.78 is 0. The summed E-state index contributed by atoms with van der Waals surface area (Å²) in [7, 11) is 0. The number of hydrogen-bond acceptors (Lipinski definition) is 2. The third-order valence-corrected chi connectivity index (χ3v) is 3.18. The van der Waals surface area contributed by atoms with Gasteiger partial charge in [-0.2, -0.15) is 0 Å². The number of carboxylic acids is 1. The van der Waals surface area contributed by atoms with E-state index in [2.05, 4.69) is 26.1 Å². The molecule has 0 heterocycles. The van der Waals surface area contributed by atoms with E-state index in [1.165, 1.54) is 0 Å². The first kappa shape index (κ1) is 15.9. The zero-order valence-corrected chi connectivity index (χ0v) is 11.5. The van der Waals surface area contributed by atoms with E-state index in [4.69, 9.17) is 5.11 Å². The molecule has 0 aliphatic rings. The topological polar surface area (TPSA) is 66.4 Å². The Balaban J connectivity index is 4.29. The molecule has 0 aromatic rings. The molecule has 0 bridgehead atoms. The molecule has 0 aliphatic carbocycles. The van der Waals surface area contributed by atoms with Gasteiger partial charge in [0.15, 0.2) is 0 Å². The molecule has 0 aromatic heterocycles. The van der Waals surface area contributed by atoms with Crippen LogP contribution in [-0.4, -0.2) is 23.0 Å². The van der Waals surface area contributed by atoms with Crippen molar-refractivity contribution in [2.75, 3.05) is 0 Å². The molecule has 4 heteroatoms. The summed E-state index contributed by atoms with van der Waals surface area (Å²) in [6, 6.07) is -0.750. The normalized spacial score (nSPS) is 15.1. The summed E-state index contributed by atoms with van der Waals surface area (Å²) in [4.78, 5) is 22.6. The number of carbonyl (C=O) groups excluding carboxylic acids is 1. The van der Waals surface area contributed by atoms with Crippen molar-refractivity contribution in [3.8, 4) is 0 Å². The number of nitrogens with one attached hydrogen (secondary N) is 1. The fourth-order valence-electron chi connectivity index (χ4n) is 1.38. The summed E-state index contributed by atoms with van der Waals surface area (Å²) in [6.45, 7) is 10.1. The minimum atomic E-state index is -0.955. The second kappa shape index (κ2) is 6.62. The third-order valence-electron chi connectivity index (χ3n) is 3.18. The molecule has 100 valence electrons. The first-order valence-electron chi connectivity index (χ1n) is 6.20. The predicted molar refractivity (Wildman–Crippen MR) is 67.7 cm³/mol. The lowest BCUT2D eigenvalue weighted by molar-refractivity contribution is -0.142. The maximum Gasteiger partial charge on any atom is 0.326 e. The first-order valence-corrected chi connectivity index (χ1v) is 6.20. The van der Waals surface area contributed by atoms with Gasteiger partial charge in [0.2, 0.25) is 5.91 Å². The molecule has 0 saturated heterocycles. The number of amides is 1. The van der Waals surface area contributed by atoms with E-state index in [-0.39, 0.29) is 17.2 Å². The Morgan fingerprint density at radius 3 is 2.18 bits per heavy atom. The summed E-state index contributed by atoms with van der Waals surface area (Å²) >= 11 is 0. The van der Waals surface area contributed by atoms with Gasteiger partial charge in [-0.25, -0.2) is 4.79 Å². The van der Waals surface area contributed by atoms with Crippen LogP contribution in [-0.2, 0) is 9.59 Å². The smallest absolute Gasteiger partial charge is 0.326 e. The number of rotatable bonds is 6. The molecular weight excluding hydrogens is 218 g/mol. The van der Waals surface area contributed by atoms with Crippen LogP contribution in [0.5, 0.6) is 0 Å². The molecule has 0 aliphatic heterocycles. The SMILES string of the molecule is CCC[C@H](NC(=O)CC(C)C(C)(C)C)C(=O)O. The molecule has 0 spiro atoms. The standard InChI is InChI=1S/C13H25NO3/c1-6-7-10(12(16)17)14-11(15)8-9(2)13(3,4)5/h9-10H,6-8H2,1-5H3,(H,14,15)(H,16,17)/t9?,10-/m0/s1. The van der Waals surface area contributed by atoms with Crippen LogP contribution < -0.4 is 5.32 Å². The van der Waals surface area contributed by atoms with E-state index in [1.54, 1.807) is 0 Å². The fourth-order valence-corrected chi connectivity index (χ4v) is 1.38. The molecular formula is C13H25NO3. The Morgan fingerprint density at radius 2 is 1.82 bits per heavy atom. The highest BCUT2D eigenvalue weighted by atomic mass is 16.4. The second-order valence-electron chi connectivity index (χ2n) is 5.72. The van der Waals surface area contributed by atoms with E-state index >= 15 is 0 Å². The fraction of sp³-hybridized carbons (Fsp3) is 0.846. The zero-order chi connectivity index (χ0) is 13.6. The van der Waals surface area contributed by atoms with Crippen LogP contribution in [0.1, 0.15) is 53.9 Å². The lowest BCUT2D eigenvalue weighted by Crippen LogP contribution is -2.41. The van der Waals surface area contributed by atoms with Crippen LogP contribution in [0.4, 0.5) is 0 Å². The Morgan fingerprint density at radius 1 is 1.29 bits per heavy atom. The number of carbonyl (C=O) groups is 2. The molecule has 2 N–H and O–H groups in total. The molecule has 17 heavy (non-hydrogen) atoms. The molecule has 0 rings (SSSR count). The van der Waals surface area contributed by atoms with Gasteiger partial charge in [-0.05, 0) is 17.8 Å². The largest absolute Gasteiger partial charge is 0.480 e. The Labute approximate surface area is 104 Å². The van der Waals surface area contributed by atoms with Gasteiger partial charge in [-0.15, -0.1) is 0 Å². The lowest BCUT2D eigenvalue weighted by Gasteiger charge is -2.27. The van der Waals surface area contributed by atoms with Gasteiger partial charge in [0, 0.05) is 6.42 Å². The molecule has 0 fully saturated rings. The summed E-state index contributed by atoms with van der Waals surface area (Å²) in [6.07, 6.45) is 1.59. The summed E-state index contributed by atoms with van der Waals surface area (Å²) in [5, 5.41) is 11.5. The van der Waals surface area contributed by atoms with Gasteiger partial charge in [0.25, 0.3) is 0 Å². The van der Waals surface area contributed by atoms with Gasteiger partial charge in [-0.1, -0.05) is 41.0 Å². The van der Waals surface area contributed by atoms with Crippen molar-refractivity contribution in [2.24, 2.45) is 11.3 Å². The van der Waals surface area contributed by atoms with E-state index < -0.39 is 12.0 Å². The molecule has 2 atom stereocenters. The van der Waals surface area contributed by atoms with Crippen molar-refractivity contribution >= 4 is 11.9 Å². The van der Waals surface area contributed by atoms with E-state index in [1.807, 2.05) is 13.8 Å². The average Bonchev–Trinajstić information content (AvgIpc) is 2.15. The van der Waals surface area contributed by atoms with Gasteiger partial charge < -0.3 is 10.4 Å². The minimum Gasteiger partial charge on any atom is -0.480 e. The highest BCUT2D eigenvalue weighted by Gasteiger charge is 2.25. The van der Waals surface area contributed by atoms with Gasteiger partial charge >= 0.3 is 5.97 Å². The lowest BCUT2D eigenvalue weighted by atomic mass is 9.80. The zero-order valence-electron chi connectivity index (χ0n) is 11.5. The van der Waals surface area contributed by atoms with Crippen LogP contribution in [0.2, 0.25) is 0 Å². The van der Waals surface area contributed by atoms with Crippen LogP contribution >= 0.6 is 0 Å². The van der Waals surface area contributed by atoms with Crippen molar-refractivity contribution in [3.63, 3.8) is 0 Å². The molecule has 1 unspecified atom stereocenters. The number of aliphatic carboxylic acids is 1. The Hall–Kier alpha value is -1.06. The Bertz CT molecular complexity index is 268. The van der Waals surface area contributed by atoms with Crippen LogP contribution in [0.3, 0.4) is 0 Å². The van der Waals surface area contributed by atoms with Crippen molar-refractivity contribution in [1.29, 1.82) is 0 Å². The molecule has 4 nitrogen and oxygen atoms in total. The van der Waals surface area contributed by atoms with Crippen molar-refractivity contribution < 1.29 is 14.7 Å². The molecule has 0 radical (unpaired) electrons. The highest BCUT2D eigenvalue weighted by Crippen LogP contribution is 2.27. The van der Waals surface area contributed by atoms with Crippen molar-refractivity contribution in [2.45, 2.75) is 59.9 Å². The average molecular weight is 243 g/mol. The molecule has 1 amide bonds. The third kappa shape index (κ3) is 6.29. The van der Waals surface area contributed by atoms with Crippen LogP contribution in [0, 0.1) is 11.3 Å².